The maximum atomic E-state index is 4.23. The quantitative estimate of drug-likeness (QED) is 0.288. The van der Waals surface area contributed by atoms with E-state index in [1.54, 1.807) is 0 Å². The highest BCUT2D eigenvalue weighted by Gasteiger charge is 2.43. The Balaban J connectivity index is 1.62. The molecule has 0 aromatic rings. The van der Waals surface area contributed by atoms with Gasteiger partial charge in [-0.15, -0.1) is 0 Å². The van der Waals surface area contributed by atoms with Crippen LogP contribution in [-0.4, -0.2) is 12.1 Å². The number of hydrogen-bond donors (Lipinski definition) is 1. The molecule has 1 nitrogen and oxygen atoms in total. The predicted molar refractivity (Wildman–Crippen MR) is 165 cm³/mol. The summed E-state index contributed by atoms with van der Waals surface area (Å²) in [5.74, 6) is 11.6. The van der Waals surface area contributed by atoms with Gasteiger partial charge in [0.1, 0.15) is 0 Å². The lowest BCUT2D eigenvalue weighted by Gasteiger charge is -2.46. The molecule has 1 N–H and O–H groups in total. The van der Waals surface area contributed by atoms with E-state index in [2.05, 4.69) is 81.5 Å². The van der Waals surface area contributed by atoms with Crippen molar-refractivity contribution in [1.29, 1.82) is 0 Å². The zero-order valence-electron chi connectivity index (χ0n) is 27.2. The van der Waals surface area contributed by atoms with Crippen LogP contribution in [0.4, 0.5) is 0 Å². The SMILES string of the molecule is CC(C)CC1CC(C2CCC(C)C(C(C(C)C)C(C)NC(C)C(C)C(C)C3CCCC(C)C3)C2)CC1C. The molecule has 0 saturated heterocycles. The largest absolute Gasteiger partial charge is 0.311 e. The van der Waals surface area contributed by atoms with Gasteiger partial charge in [-0.1, -0.05) is 88.0 Å². The lowest BCUT2D eigenvalue weighted by molar-refractivity contribution is 0.0533. The topological polar surface area (TPSA) is 12.0 Å². The third kappa shape index (κ3) is 8.24. The van der Waals surface area contributed by atoms with E-state index in [1.807, 2.05) is 0 Å². The molecule has 3 rings (SSSR count). The molecule has 218 valence electrons. The molecule has 0 spiro atoms. The van der Waals surface area contributed by atoms with Crippen molar-refractivity contribution in [3.05, 3.63) is 0 Å². The predicted octanol–water partition coefficient (Wildman–Crippen LogP) is 10.5. The second-order valence-electron chi connectivity index (χ2n) is 16.1. The fourth-order valence-corrected chi connectivity index (χ4v) is 10.0. The Hall–Kier alpha value is -0.0400. The molecule has 1 heteroatoms. The van der Waals surface area contributed by atoms with E-state index in [1.165, 1.54) is 64.2 Å². The molecule has 0 aromatic heterocycles. The van der Waals surface area contributed by atoms with Crippen molar-refractivity contribution in [2.75, 3.05) is 0 Å². The lowest BCUT2D eigenvalue weighted by atomic mass is 9.62. The molecule has 0 radical (unpaired) electrons. The summed E-state index contributed by atoms with van der Waals surface area (Å²) >= 11 is 0. The summed E-state index contributed by atoms with van der Waals surface area (Å²) in [6.45, 7) is 27.7. The first kappa shape index (κ1) is 31.5. The number of nitrogens with one attached hydrogen (secondary N) is 1. The Bertz CT molecular complexity index is 653. The Morgan fingerprint density at radius 1 is 0.676 bits per heavy atom. The molecule has 3 aliphatic rings. The van der Waals surface area contributed by atoms with E-state index < -0.39 is 0 Å². The standard InChI is InChI=1S/C36H69N/c1-22(2)17-33-20-34(19-26(33)7)32-16-15-25(6)35(21-32)36(23(3)4)30(11)37-29(10)27(8)28(9)31-14-12-13-24(5)18-31/h22-37H,12-21H2,1-11H3. The van der Waals surface area contributed by atoms with Crippen LogP contribution >= 0.6 is 0 Å². The molecule has 0 bridgehead atoms. The number of rotatable bonds is 11. The van der Waals surface area contributed by atoms with Gasteiger partial charge in [-0.2, -0.15) is 0 Å². The fraction of sp³-hybridized carbons (Fsp3) is 1.00. The first-order valence-electron chi connectivity index (χ1n) is 17.1. The Morgan fingerprint density at radius 3 is 2.00 bits per heavy atom. The maximum Gasteiger partial charge on any atom is 0.00747 e. The molecular weight excluding hydrogens is 446 g/mol. The Kier molecular flexibility index (Phi) is 11.9. The van der Waals surface area contributed by atoms with Crippen molar-refractivity contribution >= 4 is 0 Å². The summed E-state index contributed by atoms with van der Waals surface area (Å²) in [5, 5.41) is 4.23. The van der Waals surface area contributed by atoms with E-state index >= 15 is 0 Å². The van der Waals surface area contributed by atoms with E-state index in [0.717, 1.165) is 76.9 Å². The van der Waals surface area contributed by atoms with E-state index in [4.69, 9.17) is 0 Å². The Morgan fingerprint density at radius 2 is 1.38 bits per heavy atom. The highest BCUT2D eigenvalue weighted by molar-refractivity contribution is 4.94. The smallest absolute Gasteiger partial charge is 0.00747 e. The molecule has 0 heterocycles. The van der Waals surface area contributed by atoms with Gasteiger partial charge in [0.05, 0.1) is 0 Å². The molecular formula is C36H69N. The van der Waals surface area contributed by atoms with Crippen LogP contribution < -0.4 is 5.32 Å². The first-order valence-corrected chi connectivity index (χ1v) is 17.1. The fourth-order valence-electron chi connectivity index (χ4n) is 10.0. The third-order valence-electron chi connectivity index (χ3n) is 12.5. The average Bonchev–Trinajstić information content (AvgIpc) is 3.18. The maximum absolute atomic E-state index is 4.23. The van der Waals surface area contributed by atoms with E-state index in [9.17, 15) is 0 Å². The normalized spacial score (nSPS) is 39.5. The average molecular weight is 516 g/mol. The van der Waals surface area contributed by atoms with Crippen molar-refractivity contribution in [2.24, 2.45) is 76.9 Å². The minimum Gasteiger partial charge on any atom is -0.311 e. The van der Waals surface area contributed by atoms with Gasteiger partial charge >= 0.3 is 0 Å². The minimum absolute atomic E-state index is 0.602. The van der Waals surface area contributed by atoms with Crippen molar-refractivity contribution in [1.82, 2.24) is 5.32 Å². The summed E-state index contributed by atoms with van der Waals surface area (Å²) in [5.41, 5.74) is 0. The van der Waals surface area contributed by atoms with Gasteiger partial charge in [0.25, 0.3) is 0 Å². The zero-order valence-corrected chi connectivity index (χ0v) is 27.2. The minimum atomic E-state index is 0.602. The van der Waals surface area contributed by atoms with Crippen molar-refractivity contribution in [3.63, 3.8) is 0 Å². The van der Waals surface area contributed by atoms with Crippen LogP contribution in [0.3, 0.4) is 0 Å². The van der Waals surface area contributed by atoms with Crippen LogP contribution in [0.25, 0.3) is 0 Å². The summed E-state index contributed by atoms with van der Waals surface area (Å²) in [6, 6.07) is 1.21. The van der Waals surface area contributed by atoms with Crippen molar-refractivity contribution in [2.45, 2.75) is 152 Å². The van der Waals surface area contributed by atoms with E-state index in [-0.39, 0.29) is 0 Å². The van der Waals surface area contributed by atoms with Gasteiger partial charge in [-0.3, -0.25) is 0 Å². The molecule has 37 heavy (non-hydrogen) atoms. The monoisotopic (exact) mass is 516 g/mol. The van der Waals surface area contributed by atoms with Gasteiger partial charge in [0.15, 0.2) is 0 Å². The molecule has 3 aliphatic carbocycles. The van der Waals surface area contributed by atoms with Gasteiger partial charge in [0, 0.05) is 12.1 Å². The second-order valence-corrected chi connectivity index (χ2v) is 16.1. The third-order valence-corrected chi connectivity index (χ3v) is 12.5. The van der Waals surface area contributed by atoms with Gasteiger partial charge in [0.2, 0.25) is 0 Å². The zero-order chi connectivity index (χ0) is 27.4. The van der Waals surface area contributed by atoms with E-state index in [0.29, 0.717) is 12.1 Å². The van der Waals surface area contributed by atoms with Gasteiger partial charge in [-0.05, 0) is 129 Å². The molecule has 0 aliphatic heterocycles. The highest BCUT2D eigenvalue weighted by Crippen LogP contribution is 2.51. The van der Waals surface area contributed by atoms with Crippen LogP contribution in [0, 0.1) is 76.9 Å². The molecule has 0 aromatic carbocycles. The van der Waals surface area contributed by atoms with Crippen LogP contribution in [-0.2, 0) is 0 Å². The Labute approximate surface area is 234 Å². The summed E-state index contributed by atoms with van der Waals surface area (Å²) < 4.78 is 0. The van der Waals surface area contributed by atoms with Crippen molar-refractivity contribution in [3.8, 4) is 0 Å². The van der Waals surface area contributed by atoms with Crippen molar-refractivity contribution < 1.29 is 0 Å². The van der Waals surface area contributed by atoms with Crippen LogP contribution in [0.2, 0.25) is 0 Å². The lowest BCUT2D eigenvalue weighted by Crippen LogP contribution is -2.49. The second kappa shape index (κ2) is 14.0. The van der Waals surface area contributed by atoms with Crippen LogP contribution in [0.1, 0.15) is 140 Å². The summed E-state index contributed by atoms with van der Waals surface area (Å²) in [4.78, 5) is 0. The molecule has 3 fully saturated rings. The van der Waals surface area contributed by atoms with Gasteiger partial charge in [-0.25, -0.2) is 0 Å². The van der Waals surface area contributed by atoms with Crippen LogP contribution in [0.15, 0.2) is 0 Å². The number of hydrogen-bond acceptors (Lipinski definition) is 1. The molecule has 13 unspecified atom stereocenters. The summed E-state index contributed by atoms with van der Waals surface area (Å²) in [7, 11) is 0. The van der Waals surface area contributed by atoms with Crippen LogP contribution in [0.5, 0.6) is 0 Å². The molecule has 13 atom stereocenters. The molecule has 0 amide bonds. The first-order chi connectivity index (χ1) is 17.4. The highest BCUT2D eigenvalue weighted by atomic mass is 15.0. The van der Waals surface area contributed by atoms with Gasteiger partial charge < -0.3 is 5.32 Å². The molecule has 3 saturated carbocycles. The summed E-state index contributed by atoms with van der Waals surface area (Å²) in [6.07, 6.45) is 14.8.